The molecule has 0 unspecified atom stereocenters. The number of nitrogens with two attached hydrogens (primary N) is 1. The Balaban J connectivity index is 2.00. The number of rotatable bonds is 3. The molecule has 0 aromatic heterocycles. The Morgan fingerprint density at radius 1 is 1.64 bits per heavy atom. The second kappa shape index (κ2) is 2.20. The van der Waals surface area contributed by atoms with E-state index in [0.29, 0.717) is 18.4 Å². The summed E-state index contributed by atoms with van der Waals surface area (Å²) >= 11 is 0. The van der Waals surface area contributed by atoms with Crippen LogP contribution in [0.1, 0.15) is 26.2 Å². The minimum Gasteiger partial charge on any atom is -0.392 e. The Morgan fingerprint density at radius 2 is 2.18 bits per heavy atom. The van der Waals surface area contributed by atoms with Crippen LogP contribution < -0.4 is 5.73 Å². The van der Waals surface area contributed by atoms with Gasteiger partial charge in [-0.1, -0.05) is 6.92 Å². The first-order valence-corrected chi connectivity index (χ1v) is 4.59. The van der Waals surface area contributed by atoms with Gasteiger partial charge in [-0.3, -0.25) is 0 Å². The molecular weight excluding hydrogens is 138 g/mol. The molecule has 3 N–H and O–H groups in total. The predicted molar refractivity (Wildman–Crippen MR) is 44.0 cm³/mol. The molecule has 64 valence electrons. The van der Waals surface area contributed by atoms with E-state index in [4.69, 9.17) is 5.73 Å². The zero-order chi connectivity index (χ0) is 8.06. The molecule has 0 saturated heterocycles. The maximum Gasteiger partial charge on any atom is 0.0639 e. The van der Waals surface area contributed by atoms with Crippen LogP contribution in [0.4, 0.5) is 0 Å². The summed E-state index contributed by atoms with van der Waals surface area (Å²) in [6.45, 7) is 2.87. The maximum atomic E-state index is 9.87. The van der Waals surface area contributed by atoms with Gasteiger partial charge in [0, 0.05) is 12.0 Å². The van der Waals surface area contributed by atoms with Gasteiger partial charge in [-0.25, -0.2) is 0 Å². The van der Waals surface area contributed by atoms with Gasteiger partial charge in [0.1, 0.15) is 0 Å². The van der Waals surface area contributed by atoms with Crippen molar-refractivity contribution in [1.82, 2.24) is 0 Å². The van der Waals surface area contributed by atoms with E-state index in [1.165, 1.54) is 12.8 Å². The minimum absolute atomic E-state index is 0.0949. The van der Waals surface area contributed by atoms with E-state index in [0.717, 1.165) is 6.42 Å². The molecule has 0 radical (unpaired) electrons. The van der Waals surface area contributed by atoms with Crippen molar-refractivity contribution >= 4 is 0 Å². The van der Waals surface area contributed by atoms with Crippen molar-refractivity contribution in [2.45, 2.75) is 32.3 Å². The summed E-state index contributed by atoms with van der Waals surface area (Å²) in [7, 11) is 0. The van der Waals surface area contributed by atoms with Gasteiger partial charge in [0.2, 0.25) is 0 Å². The van der Waals surface area contributed by atoms with Crippen molar-refractivity contribution in [3.63, 3.8) is 0 Å². The molecular formula is C9H17NO. The fourth-order valence-corrected chi connectivity index (χ4v) is 2.21. The van der Waals surface area contributed by atoms with Crippen molar-refractivity contribution in [3.8, 4) is 0 Å². The van der Waals surface area contributed by atoms with Crippen molar-refractivity contribution < 1.29 is 5.11 Å². The Kier molecular flexibility index (Phi) is 1.52. The first-order chi connectivity index (χ1) is 5.20. The Morgan fingerprint density at radius 3 is 2.45 bits per heavy atom. The van der Waals surface area contributed by atoms with Gasteiger partial charge < -0.3 is 10.8 Å². The molecule has 2 nitrogen and oxygen atoms in total. The molecule has 0 aromatic rings. The van der Waals surface area contributed by atoms with Crippen molar-refractivity contribution in [3.05, 3.63) is 0 Å². The normalized spacial score (nSPS) is 45.5. The standard InChI is InChI=1S/C9H17NO/c1-6-4-9(6,5-10)8(11)7-2-3-7/h6-8,11H,2-5,10H2,1H3/t6-,8+,9+/m1/s1. The molecule has 0 amide bonds. The summed E-state index contributed by atoms with van der Waals surface area (Å²) in [5, 5.41) is 9.87. The Labute approximate surface area is 67.8 Å². The fourth-order valence-electron chi connectivity index (χ4n) is 2.21. The molecule has 2 aliphatic rings. The van der Waals surface area contributed by atoms with Crippen molar-refractivity contribution in [2.24, 2.45) is 23.0 Å². The quantitative estimate of drug-likeness (QED) is 0.631. The fraction of sp³-hybridized carbons (Fsp3) is 1.00. The van der Waals surface area contributed by atoms with Crippen LogP contribution in [0.5, 0.6) is 0 Å². The maximum absolute atomic E-state index is 9.87. The van der Waals surface area contributed by atoms with Gasteiger partial charge in [0.05, 0.1) is 6.10 Å². The van der Waals surface area contributed by atoms with E-state index in [-0.39, 0.29) is 11.5 Å². The van der Waals surface area contributed by atoms with Gasteiger partial charge in [0.25, 0.3) is 0 Å². The van der Waals surface area contributed by atoms with Crippen LogP contribution in [0, 0.1) is 17.3 Å². The third-order valence-electron chi connectivity index (χ3n) is 3.55. The minimum atomic E-state index is -0.0949. The average Bonchev–Trinajstić information content (AvgIpc) is 2.80. The predicted octanol–water partition coefficient (Wildman–Crippen LogP) is 0.742. The average molecular weight is 155 g/mol. The first-order valence-electron chi connectivity index (χ1n) is 4.59. The lowest BCUT2D eigenvalue weighted by molar-refractivity contribution is 0.0684. The number of hydrogen-bond acceptors (Lipinski definition) is 2. The molecule has 2 heteroatoms. The highest BCUT2D eigenvalue weighted by atomic mass is 16.3. The lowest BCUT2D eigenvalue weighted by Crippen LogP contribution is -2.32. The van der Waals surface area contributed by atoms with Crippen molar-refractivity contribution in [1.29, 1.82) is 0 Å². The summed E-state index contributed by atoms with van der Waals surface area (Å²) in [4.78, 5) is 0. The number of hydrogen-bond donors (Lipinski definition) is 2. The Hall–Kier alpha value is -0.0800. The number of aliphatic hydroxyl groups excluding tert-OH is 1. The highest BCUT2D eigenvalue weighted by Gasteiger charge is 2.58. The Bertz CT molecular complexity index is 163. The summed E-state index contributed by atoms with van der Waals surface area (Å²) in [5.41, 5.74) is 5.79. The van der Waals surface area contributed by atoms with Crippen LogP contribution in [0.25, 0.3) is 0 Å². The van der Waals surface area contributed by atoms with Crippen molar-refractivity contribution in [2.75, 3.05) is 6.54 Å². The molecule has 0 spiro atoms. The molecule has 2 aliphatic carbocycles. The molecule has 2 fully saturated rings. The molecule has 3 atom stereocenters. The molecule has 0 heterocycles. The molecule has 0 aromatic carbocycles. The molecule has 0 bridgehead atoms. The molecule has 2 saturated carbocycles. The molecule has 11 heavy (non-hydrogen) atoms. The third kappa shape index (κ3) is 1.00. The monoisotopic (exact) mass is 155 g/mol. The lowest BCUT2D eigenvalue weighted by atomic mass is 9.93. The molecule has 2 rings (SSSR count). The second-order valence-electron chi connectivity index (χ2n) is 4.32. The third-order valence-corrected chi connectivity index (χ3v) is 3.55. The van der Waals surface area contributed by atoms with E-state index >= 15 is 0 Å². The number of aliphatic hydroxyl groups is 1. The molecule has 0 aliphatic heterocycles. The van der Waals surface area contributed by atoms with Gasteiger partial charge in [0.15, 0.2) is 0 Å². The first kappa shape index (κ1) is 7.56. The van der Waals surface area contributed by atoms with Crippen LogP contribution in [-0.4, -0.2) is 17.8 Å². The van der Waals surface area contributed by atoms with Crippen LogP contribution in [0.15, 0.2) is 0 Å². The van der Waals surface area contributed by atoms with Crippen LogP contribution >= 0.6 is 0 Å². The lowest BCUT2D eigenvalue weighted by Gasteiger charge is -2.21. The summed E-state index contributed by atoms with van der Waals surface area (Å²) in [6, 6.07) is 0. The SMILES string of the molecule is C[C@@H]1C[C@@]1(CN)[C@@H](O)C1CC1. The van der Waals surface area contributed by atoms with E-state index in [9.17, 15) is 5.11 Å². The van der Waals surface area contributed by atoms with E-state index in [1.807, 2.05) is 0 Å². The zero-order valence-corrected chi connectivity index (χ0v) is 7.09. The van der Waals surface area contributed by atoms with Gasteiger partial charge in [-0.2, -0.15) is 0 Å². The van der Waals surface area contributed by atoms with Crippen LogP contribution in [0.2, 0.25) is 0 Å². The van der Waals surface area contributed by atoms with E-state index in [2.05, 4.69) is 6.92 Å². The van der Waals surface area contributed by atoms with Gasteiger partial charge in [-0.05, 0) is 31.1 Å². The second-order valence-corrected chi connectivity index (χ2v) is 4.32. The smallest absolute Gasteiger partial charge is 0.0639 e. The topological polar surface area (TPSA) is 46.2 Å². The van der Waals surface area contributed by atoms with Crippen LogP contribution in [0.3, 0.4) is 0 Å². The largest absolute Gasteiger partial charge is 0.392 e. The summed E-state index contributed by atoms with van der Waals surface area (Å²) in [5.74, 6) is 1.24. The van der Waals surface area contributed by atoms with E-state index < -0.39 is 0 Å². The van der Waals surface area contributed by atoms with Crippen LogP contribution in [-0.2, 0) is 0 Å². The summed E-state index contributed by atoms with van der Waals surface area (Å²) in [6.07, 6.45) is 3.48. The van der Waals surface area contributed by atoms with Gasteiger partial charge >= 0.3 is 0 Å². The highest BCUT2D eigenvalue weighted by Crippen LogP contribution is 2.58. The van der Waals surface area contributed by atoms with Gasteiger partial charge in [-0.15, -0.1) is 0 Å². The zero-order valence-electron chi connectivity index (χ0n) is 7.09. The summed E-state index contributed by atoms with van der Waals surface area (Å²) < 4.78 is 0. The highest BCUT2D eigenvalue weighted by molar-refractivity contribution is 5.08. The van der Waals surface area contributed by atoms with E-state index in [1.54, 1.807) is 0 Å².